The van der Waals surface area contributed by atoms with Crippen molar-refractivity contribution in [2.24, 2.45) is 5.73 Å². The smallest absolute Gasteiger partial charge is 0.256 e. The maximum atomic E-state index is 14.9. The van der Waals surface area contributed by atoms with Crippen LogP contribution in [0.5, 0.6) is 0 Å². The van der Waals surface area contributed by atoms with E-state index in [2.05, 4.69) is 23.3 Å². The molecule has 1 aliphatic carbocycles. The number of fused-ring (bicyclic) bond motifs is 1. The number of anilines is 1. The van der Waals surface area contributed by atoms with Crippen molar-refractivity contribution in [3.63, 3.8) is 0 Å². The molecule has 5 rings (SSSR count). The van der Waals surface area contributed by atoms with Crippen molar-refractivity contribution < 1.29 is 23.1 Å². The fourth-order valence-corrected chi connectivity index (χ4v) is 4.62. The van der Waals surface area contributed by atoms with Crippen molar-refractivity contribution in [1.82, 2.24) is 14.5 Å². The second-order valence-electron chi connectivity index (χ2n) is 8.65. The molecule has 0 radical (unpaired) electrons. The van der Waals surface area contributed by atoms with Gasteiger partial charge in [0.15, 0.2) is 0 Å². The van der Waals surface area contributed by atoms with E-state index in [-0.39, 0.29) is 17.0 Å². The number of morpholine rings is 1. The highest BCUT2D eigenvalue weighted by Gasteiger charge is 2.29. The lowest BCUT2D eigenvalue weighted by atomic mass is 10.0. The van der Waals surface area contributed by atoms with Gasteiger partial charge in [0.25, 0.3) is 11.8 Å². The molecule has 2 fully saturated rings. The molecule has 2 amide bonds. The summed E-state index contributed by atoms with van der Waals surface area (Å²) in [5, 5.41) is 7.40. The molecule has 10 heteroatoms. The number of nitrogens with one attached hydrogen (secondary N) is 1. The highest BCUT2D eigenvalue weighted by molar-refractivity contribution is 6.02. The number of ether oxygens (including phenoxy) is 1. The minimum Gasteiger partial charge on any atom is -0.378 e. The van der Waals surface area contributed by atoms with Gasteiger partial charge in [-0.3, -0.25) is 9.59 Å². The molecule has 2 aliphatic rings. The first-order valence-electron chi connectivity index (χ1n) is 12.6. The summed E-state index contributed by atoms with van der Waals surface area (Å²) in [7, 11) is 0. The highest BCUT2D eigenvalue weighted by Crippen LogP contribution is 2.32. The van der Waals surface area contributed by atoms with Crippen LogP contribution < -0.4 is 11.1 Å². The molecule has 8 nitrogen and oxygen atoms in total. The molecule has 1 saturated carbocycles. The van der Waals surface area contributed by atoms with Gasteiger partial charge in [0.1, 0.15) is 12.0 Å². The number of hydrogen-bond acceptors (Lipinski definition) is 5. The van der Waals surface area contributed by atoms with E-state index in [1.807, 2.05) is 13.8 Å². The number of nitrogens with zero attached hydrogens (tertiary/aromatic N) is 3. The minimum absolute atomic E-state index is 0.00105. The number of nitrogens with two attached hydrogens (primary N) is 1. The van der Waals surface area contributed by atoms with Crippen LogP contribution in [-0.4, -0.2) is 64.8 Å². The van der Waals surface area contributed by atoms with Gasteiger partial charge in [0.05, 0.1) is 47.8 Å². The number of benzene rings is 1. The lowest BCUT2D eigenvalue weighted by Gasteiger charge is -2.27. The van der Waals surface area contributed by atoms with Gasteiger partial charge >= 0.3 is 0 Å². The lowest BCUT2D eigenvalue weighted by Crippen LogP contribution is -2.41. The van der Waals surface area contributed by atoms with Crippen molar-refractivity contribution in [2.75, 3.05) is 31.6 Å². The zero-order valence-electron chi connectivity index (χ0n) is 21.6. The molecular formula is C28H33F2N5O3. The molecule has 2 atom stereocenters. The molecule has 38 heavy (non-hydrogen) atoms. The predicted molar refractivity (Wildman–Crippen MR) is 143 cm³/mol. The summed E-state index contributed by atoms with van der Waals surface area (Å²) >= 11 is 0. The molecule has 0 spiro atoms. The molecule has 0 unspecified atom stereocenters. The van der Waals surface area contributed by atoms with E-state index in [4.69, 9.17) is 10.5 Å². The Morgan fingerprint density at radius 2 is 1.82 bits per heavy atom. The van der Waals surface area contributed by atoms with E-state index in [1.54, 1.807) is 23.2 Å². The largest absolute Gasteiger partial charge is 0.378 e. The number of terminal acetylenes is 1. The fourth-order valence-electron chi connectivity index (χ4n) is 4.62. The number of carbonyl (C=O) groups is 2. The third-order valence-electron chi connectivity index (χ3n) is 6.50. The summed E-state index contributed by atoms with van der Waals surface area (Å²) in [5.41, 5.74) is 7.81. The molecule has 1 aliphatic heterocycles. The van der Waals surface area contributed by atoms with Crippen LogP contribution in [0.2, 0.25) is 0 Å². The number of amides is 2. The second kappa shape index (κ2) is 13.0. The first kappa shape index (κ1) is 28.6. The average molecular weight is 526 g/mol. The van der Waals surface area contributed by atoms with Crippen molar-refractivity contribution in [1.29, 1.82) is 0 Å². The van der Waals surface area contributed by atoms with Gasteiger partial charge < -0.3 is 20.7 Å². The lowest BCUT2D eigenvalue weighted by molar-refractivity contribution is 0.0300. The molecular weight excluding hydrogens is 492 g/mol. The number of rotatable bonds is 5. The zero-order valence-corrected chi connectivity index (χ0v) is 21.6. The molecule has 1 saturated heterocycles. The Kier molecular flexibility index (Phi) is 9.79. The Balaban J connectivity index is 0.000000956. The summed E-state index contributed by atoms with van der Waals surface area (Å²) in [6.45, 7) is 5.72. The van der Waals surface area contributed by atoms with Gasteiger partial charge in [-0.25, -0.2) is 13.3 Å². The van der Waals surface area contributed by atoms with Crippen LogP contribution in [0, 0.1) is 18.7 Å². The third kappa shape index (κ3) is 5.94. The monoisotopic (exact) mass is 525 g/mol. The topological polar surface area (TPSA) is 102 Å². The molecule has 3 heterocycles. The van der Waals surface area contributed by atoms with E-state index >= 15 is 0 Å². The highest BCUT2D eigenvalue weighted by atomic mass is 19.1. The molecule has 0 bridgehead atoms. The SMILES string of the molecule is C#C.CC.NC(=O)c1cnn2cc(-c3ccc(C(=O)N4CCOCC4)c(F)c3)cc2c1N[C@@H]1CCC[C@@H]1F. The van der Waals surface area contributed by atoms with Gasteiger partial charge in [0, 0.05) is 24.8 Å². The van der Waals surface area contributed by atoms with Crippen LogP contribution in [0.3, 0.4) is 0 Å². The van der Waals surface area contributed by atoms with Gasteiger partial charge in [-0.15, -0.1) is 12.8 Å². The van der Waals surface area contributed by atoms with Gasteiger partial charge in [-0.1, -0.05) is 19.9 Å². The minimum atomic E-state index is -1.02. The molecule has 1 aromatic carbocycles. The van der Waals surface area contributed by atoms with Crippen LogP contribution in [0.1, 0.15) is 53.8 Å². The number of hydrogen-bond donors (Lipinski definition) is 2. The van der Waals surface area contributed by atoms with Crippen molar-refractivity contribution >= 4 is 23.0 Å². The zero-order chi connectivity index (χ0) is 27.8. The number of carbonyl (C=O) groups excluding carboxylic acids is 2. The van der Waals surface area contributed by atoms with Crippen LogP contribution in [-0.2, 0) is 4.74 Å². The summed E-state index contributed by atoms with van der Waals surface area (Å²) in [6.07, 6.45) is 11.9. The van der Waals surface area contributed by atoms with Gasteiger partial charge in [-0.05, 0) is 43.0 Å². The summed E-state index contributed by atoms with van der Waals surface area (Å²) in [4.78, 5) is 26.3. The van der Waals surface area contributed by atoms with E-state index in [1.165, 1.54) is 22.8 Å². The maximum absolute atomic E-state index is 14.9. The first-order valence-corrected chi connectivity index (χ1v) is 12.6. The Labute approximate surface area is 221 Å². The number of halogens is 2. The van der Waals surface area contributed by atoms with Crippen molar-refractivity contribution in [3.8, 4) is 24.0 Å². The first-order chi connectivity index (χ1) is 18.4. The van der Waals surface area contributed by atoms with E-state index in [9.17, 15) is 18.4 Å². The summed E-state index contributed by atoms with van der Waals surface area (Å²) in [6, 6.07) is 5.76. The third-order valence-corrected chi connectivity index (χ3v) is 6.50. The van der Waals surface area contributed by atoms with E-state index in [0.29, 0.717) is 61.5 Å². The molecule has 202 valence electrons. The normalized spacial score (nSPS) is 18.6. The quantitative estimate of drug-likeness (QED) is 0.484. The van der Waals surface area contributed by atoms with Crippen LogP contribution in [0.15, 0.2) is 36.7 Å². The second-order valence-corrected chi connectivity index (χ2v) is 8.65. The Morgan fingerprint density at radius 3 is 2.42 bits per heavy atom. The van der Waals surface area contributed by atoms with Crippen LogP contribution in [0.25, 0.3) is 16.6 Å². The maximum Gasteiger partial charge on any atom is 0.256 e. The average Bonchev–Trinajstić information content (AvgIpc) is 3.57. The Hall–Kier alpha value is -3.97. The van der Waals surface area contributed by atoms with Gasteiger partial charge in [0.2, 0.25) is 0 Å². The van der Waals surface area contributed by atoms with Gasteiger partial charge in [-0.2, -0.15) is 5.10 Å². The van der Waals surface area contributed by atoms with Crippen molar-refractivity contribution in [2.45, 2.75) is 45.3 Å². The molecule has 2 aromatic heterocycles. The summed E-state index contributed by atoms with van der Waals surface area (Å²) in [5.74, 6) is -1.67. The predicted octanol–water partition coefficient (Wildman–Crippen LogP) is 4.29. The Bertz CT molecular complexity index is 1300. The number of primary amides is 1. The number of alkyl halides is 1. The van der Waals surface area contributed by atoms with Crippen LogP contribution in [0.4, 0.5) is 14.5 Å². The number of aromatic nitrogens is 2. The van der Waals surface area contributed by atoms with E-state index in [0.717, 1.165) is 6.42 Å². The van der Waals surface area contributed by atoms with Crippen LogP contribution >= 0.6 is 0 Å². The Morgan fingerprint density at radius 1 is 1.11 bits per heavy atom. The van der Waals surface area contributed by atoms with E-state index < -0.39 is 23.9 Å². The standard InChI is InChI=1S/C24H25F2N5O3.C2H6.C2H2/c25-18-2-1-3-20(18)29-22-17(23(27)32)12-28-31-13-15(11-21(22)31)14-4-5-16(19(26)10-14)24(33)30-6-8-34-9-7-30;2*1-2/h4-5,10-13,18,20,29H,1-3,6-9H2,(H2,27,32);1-2H3;1-2H/t18-,20+;;/m0../s1. The molecule has 3 N–H and O–H groups in total. The van der Waals surface area contributed by atoms with Crippen molar-refractivity contribution in [3.05, 3.63) is 53.6 Å². The fraction of sp³-hybridized carbons (Fsp3) is 0.393. The summed E-state index contributed by atoms with van der Waals surface area (Å²) < 4.78 is 36.0. The molecule has 3 aromatic rings.